The Hall–Kier alpha value is -0.0800. The van der Waals surface area contributed by atoms with Crippen molar-refractivity contribution < 1.29 is 9.47 Å². The van der Waals surface area contributed by atoms with Gasteiger partial charge >= 0.3 is 0 Å². The van der Waals surface area contributed by atoms with Crippen molar-refractivity contribution in [3.8, 4) is 0 Å². The SMILES string of the molecule is C[C](C)C1COCO1. The first-order valence-electron chi connectivity index (χ1n) is 2.80. The first kappa shape index (κ1) is 6.05. The fraction of sp³-hybridized carbons (Fsp3) is 0.833. The highest BCUT2D eigenvalue weighted by Crippen LogP contribution is 2.13. The average Bonchev–Trinajstić information content (AvgIpc) is 2.12. The van der Waals surface area contributed by atoms with Crippen LogP contribution in [0, 0.1) is 5.92 Å². The first-order chi connectivity index (χ1) is 3.80. The van der Waals surface area contributed by atoms with Gasteiger partial charge in [0.05, 0.1) is 12.7 Å². The fourth-order valence-electron chi connectivity index (χ4n) is 0.667. The van der Waals surface area contributed by atoms with Gasteiger partial charge in [-0.25, -0.2) is 0 Å². The van der Waals surface area contributed by atoms with Crippen LogP contribution in [-0.2, 0) is 9.47 Å². The molecule has 1 rings (SSSR count). The van der Waals surface area contributed by atoms with Crippen molar-refractivity contribution in [2.45, 2.75) is 20.0 Å². The van der Waals surface area contributed by atoms with Crippen LogP contribution >= 0.6 is 0 Å². The van der Waals surface area contributed by atoms with Crippen LogP contribution in [0.5, 0.6) is 0 Å². The molecule has 0 aromatic rings. The van der Waals surface area contributed by atoms with Gasteiger partial charge in [-0.15, -0.1) is 0 Å². The molecule has 0 aliphatic carbocycles. The standard InChI is InChI=1S/C6H11O2/c1-5(2)6-3-7-4-8-6/h6H,3-4H2,1-2H3. The van der Waals surface area contributed by atoms with Gasteiger partial charge in [-0.2, -0.15) is 0 Å². The third kappa shape index (κ3) is 1.20. The zero-order chi connectivity index (χ0) is 5.98. The molecule has 0 amide bonds. The third-order valence-electron chi connectivity index (χ3n) is 1.27. The van der Waals surface area contributed by atoms with Crippen LogP contribution in [0.3, 0.4) is 0 Å². The maximum Gasteiger partial charge on any atom is 0.147 e. The Morgan fingerprint density at radius 1 is 1.50 bits per heavy atom. The highest BCUT2D eigenvalue weighted by Gasteiger charge is 2.19. The second-order valence-corrected chi connectivity index (χ2v) is 2.22. The molecule has 1 aliphatic rings. The first-order valence-corrected chi connectivity index (χ1v) is 2.80. The van der Waals surface area contributed by atoms with Crippen LogP contribution in [0.4, 0.5) is 0 Å². The lowest BCUT2D eigenvalue weighted by molar-refractivity contribution is 0.0505. The van der Waals surface area contributed by atoms with Crippen LogP contribution in [-0.4, -0.2) is 19.5 Å². The van der Waals surface area contributed by atoms with E-state index in [-0.39, 0.29) is 6.10 Å². The van der Waals surface area contributed by atoms with Crippen molar-refractivity contribution in [1.82, 2.24) is 0 Å². The predicted molar refractivity (Wildman–Crippen MR) is 30.3 cm³/mol. The molecule has 1 radical (unpaired) electrons. The normalized spacial score (nSPS) is 29.6. The van der Waals surface area contributed by atoms with Gasteiger partial charge in [-0.3, -0.25) is 0 Å². The molecule has 1 heterocycles. The van der Waals surface area contributed by atoms with Gasteiger partial charge in [0, 0.05) is 5.92 Å². The summed E-state index contributed by atoms with van der Waals surface area (Å²) in [5, 5.41) is 0. The van der Waals surface area contributed by atoms with E-state index in [4.69, 9.17) is 9.47 Å². The molecule has 8 heavy (non-hydrogen) atoms. The molecular formula is C6H11O2. The zero-order valence-corrected chi connectivity index (χ0v) is 5.31. The summed E-state index contributed by atoms with van der Waals surface area (Å²) in [5.74, 6) is 1.29. The minimum Gasteiger partial charge on any atom is -0.353 e. The molecule has 1 fully saturated rings. The second-order valence-electron chi connectivity index (χ2n) is 2.22. The molecule has 1 aliphatic heterocycles. The van der Waals surface area contributed by atoms with Crippen LogP contribution < -0.4 is 0 Å². The van der Waals surface area contributed by atoms with Crippen LogP contribution in [0.1, 0.15) is 13.8 Å². The number of hydrogen-bond acceptors (Lipinski definition) is 2. The predicted octanol–water partition coefficient (Wildman–Crippen LogP) is 0.974. The molecule has 1 atom stereocenters. The number of rotatable bonds is 1. The topological polar surface area (TPSA) is 18.5 Å². The number of hydrogen-bond donors (Lipinski definition) is 0. The monoisotopic (exact) mass is 115 g/mol. The second kappa shape index (κ2) is 2.46. The van der Waals surface area contributed by atoms with Crippen molar-refractivity contribution >= 4 is 0 Å². The molecule has 1 unspecified atom stereocenters. The molecule has 1 saturated heterocycles. The van der Waals surface area contributed by atoms with Crippen LogP contribution in [0.2, 0.25) is 0 Å². The lowest BCUT2D eigenvalue weighted by Crippen LogP contribution is -2.14. The van der Waals surface area contributed by atoms with Crippen molar-refractivity contribution in [2.24, 2.45) is 0 Å². The van der Waals surface area contributed by atoms with Gasteiger partial charge in [-0.05, 0) is 0 Å². The molecule has 47 valence electrons. The van der Waals surface area contributed by atoms with Crippen molar-refractivity contribution in [3.05, 3.63) is 5.92 Å². The lowest BCUT2D eigenvalue weighted by Gasteiger charge is -2.08. The fourth-order valence-corrected chi connectivity index (χ4v) is 0.667. The summed E-state index contributed by atoms with van der Waals surface area (Å²) in [6, 6.07) is 0. The lowest BCUT2D eigenvalue weighted by atomic mass is 10.1. The molecule has 0 aromatic heterocycles. The molecule has 2 heteroatoms. The van der Waals surface area contributed by atoms with Gasteiger partial charge < -0.3 is 9.47 Å². The minimum atomic E-state index is 0.259. The van der Waals surface area contributed by atoms with Gasteiger partial charge in [0.15, 0.2) is 0 Å². The summed E-state index contributed by atoms with van der Waals surface area (Å²) >= 11 is 0. The third-order valence-corrected chi connectivity index (χ3v) is 1.27. The molecule has 0 spiro atoms. The average molecular weight is 115 g/mol. The Kier molecular flexibility index (Phi) is 1.86. The van der Waals surface area contributed by atoms with Crippen LogP contribution in [0.15, 0.2) is 0 Å². The van der Waals surface area contributed by atoms with E-state index in [2.05, 4.69) is 13.8 Å². The van der Waals surface area contributed by atoms with E-state index < -0.39 is 0 Å². The van der Waals surface area contributed by atoms with Gasteiger partial charge in [0.2, 0.25) is 0 Å². The van der Waals surface area contributed by atoms with Crippen molar-refractivity contribution in [1.29, 1.82) is 0 Å². The summed E-state index contributed by atoms with van der Waals surface area (Å²) in [6.07, 6.45) is 0.259. The highest BCUT2D eigenvalue weighted by atomic mass is 16.7. The van der Waals surface area contributed by atoms with Crippen molar-refractivity contribution in [2.75, 3.05) is 13.4 Å². The highest BCUT2D eigenvalue weighted by molar-refractivity contribution is 4.89. The van der Waals surface area contributed by atoms with Gasteiger partial charge in [-0.1, -0.05) is 13.8 Å². The van der Waals surface area contributed by atoms with E-state index in [1.54, 1.807) is 0 Å². The summed E-state index contributed by atoms with van der Waals surface area (Å²) in [6.45, 7) is 5.32. The maximum atomic E-state index is 5.16. The van der Waals surface area contributed by atoms with Gasteiger partial charge in [0.25, 0.3) is 0 Å². The zero-order valence-electron chi connectivity index (χ0n) is 5.31. The van der Waals surface area contributed by atoms with E-state index in [0.717, 1.165) is 6.61 Å². The van der Waals surface area contributed by atoms with E-state index in [1.165, 1.54) is 5.92 Å². The van der Waals surface area contributed by atoms with E-state index >= 15 is 0 Å². The quantitative estimate of drug-likeness (QED) is 0.507. The summed E-state index contributed by atoms with van der Waals surface area (Å²) in [5.41, 5.74) is 0. The summed E-state index contributed by atoms with van der Waals surface area (Å²) in [7, 11) is 0. The molecular weight excluding hydrogens is 104 g/mol. The van der Waals surface area contributed by atoms with Crippen LogP contribution in [0.25, 0.3) is 0 Å². The maximum absolute atomic E-state index is 5.16. The molecule has 0 N–H and O–H groups in total. The number of ether oxygens (including phenoxy) is 2. The van der Waals surface area contributed by atoms with E-state index in [9.17, 15) is 0 Å². The Bertz CT molecular complexity index is 64.9. The van der Waals surface area contributed by atoms with Crippen molar-refractivity contribution in [3.63, 3.8) is 0 Å². The largest absolute Gasteiger partial charge is 0.353 e. The summed E-state index contributed by atoms with van der Waals surface area (Å²) < 4.78 is 10.1. The smallest absolute Gasteiger partial charge is 0.147 e. The molecule has 2 nitrogen and oxygen atoms in total. The summed E-state index contributed by atoms with van der Waals surface area (Å²) in [4.78, 5) is 0. The van der Waals surface area contributed by atoms with E-state index in [0.29, 0.717) is 6.79 Å². The Labute approximate surface area is 49.8 Å². The Morgan fingerprint density at radius 3 is 2.50 bits per heavy atom. The minimum absolute atomic E-state index is 0.259. The molecule has 0 bridgehead atoms. The van der Waals surface area contributed by atoms with Gasteiger partial charge in [0.1, 0.15) is 6.79 Å². The molecule has 0 aromatic carbocycles. The Balaban J connectivity index is 2.24. The Morgan fingerprint density at radius 2 is 2.25 bits per heavy atom. The molecule has 0 saturated carbocycles. The van der Waals surface area contributed by atoms with E-state index in [1.807, 2.05) is 0 Å².